The largest absolute Gasteiger partial charge is 0.481 e. The lowest BCUT2D eigenvalue weighted by Gasteiger charge is -2.61. The second-order valence-corrected chi connectivity index (χ2v) is 12.1. The van der Waals surface area contributed by atoms with Crippen LogP contribution >= 0.6 is 0 Å². The van der Waals surface area contributed by atoms with Crippen LogP contribution in [0, 0.1) is 52.3 Å². The van der Waals surface area contributed by atoms with Gasteiger partial charge >= 0.3 is 5.97 Å². The van der Waals surface area contributed by atoms with Crippen molar-refractivity contribution in [2.75, 3.05) is 0 Å². The molecule has 0 aliphatic heterocycles. The Morgan fingerprint density at radius 3 is 2.53 bits per heavy atom. The minimum absolute atomic E-state index is 0.116. The Kier molecular flexibility index (Phi) is 6.16. The van der Waals surface area contributed by atoms with Crippen molar-refractivity contribution in [3.63, 3.8) is 0 Å². The smallest absolute Gasteiger partial charge is 0.306 e. The first-order valence-corrected chi connectivity index (χ1v) is 12.7. The number of hydrogen-bond acceptors (Lipinski definition) is 2. The van der Waals surface area contributed by atoms with E-state index in [2.05, 4.69) is 32.9 Å². The first-order chi connectivity index (χ1) is 14.2. The molecule has 3 heteroatoms. The summed E-state index contributed by atoms with van der Waals surface area (Å²) in [6.45, 7) is 9.33. The molecular weight excluding hydrogens is 372 g/mol. The third-order valence-electron chi connectivity index (χ3n) is 10.7. The lowest BCUT2D eigenvalue weighted by atomic mass is 9.44. The molecule has 170 valence electrons. The lowest BCUT2D eigenvalue weighted by Crippen LogP contribution is -2.57. The van der Waals surface area contributed by atoms with Gasteiger partial charge in [-0.3, -0.25) is 4.79 Å². The van der Waals surface area contributed by atoms with Gasteiger partial charge in [0.2, 0.25) is 0 Å². The molecular formula is C27H44O3. The molecule has 0 aromatic carbocycles. The number of aliphatic hydroxyl groups is 1. The number of allylic oxidation sites excluding steroid dienone is 2. The van der Waals surface area contributed by atoms with Gasteiger partial charge in [-0.05, 0) is 97.7 Å². The van der Waals surface area contributed by atoms with Gasteiger partial charge in [-0.15, -0.1) is 0 Å². The number of hydrogen-bond donors (Lipinski definition) is 2. The molecule has 3 saturated carbocycles. The summed E-state index contributed by atoms with van der Waals surface area (Å²) < 4.78 is 0. The number of aliphatic hydroxyl groups excluding tert-OH is 1. The van der Waals surface area contributed by atoms with Crippen LogP contribution in [0.5, 0.6) is 0 Å². The summed E-state index contributed by atoms with van der Waals surface area (Å²) in [5.41, 5.74) is 0.740. The average Bonchev–Trinajstić information content (AvgIpc) is 3.05. The van der Waals surface area contributed by atoms with Crippen molar-refractivity contribution >= 4 is 5.97 Å². The van der Waals surface area contributed by atoms with Crippen LogP contribution < -0.4 is 0 Å². The molecule has 0 heterocycles. The van der Waals surface area contributed by atoms with Gasteiger partial charge in [0, 0.05) is 0 Å². The summed E-state index contributed by atoms with van der Waals surface area (Å²) in [5, 5.41) is 20.5. The maximum atomic E-state index is 11.3. The van der Waals surface area contributed by atoms with Crippen LogP contribution in [0.2, 0.25) is 0 Å². The predicted molar refractivity (Wildman–Crippen MR) is 121 cm³/mol. The number of carboxylic acid groups (broad SMARTS) is 1. The Hall–Kier alpha value is -0.830. The summed E-state index contributed by atoms with van der Waals surface area (Å²) in [6, 6.07) is 0. The topological polar surface area (TPSA) is 57.5 Å². The van der Waals surface area contributed by atoms with Crippen molar-refractivity contribution in [3.8, 4) is 0 Å². The van der Waals surface area contributed by atoms with E-state index in [0.717, 1.165) is 38.0 Å². The van der Waals surface area contributed by atoms with E-state index < -0.39 is 5.97 Å². The summed E-state index contributed by atoms with van der Waals surface area (Å²) in [6.07, 6.45) is 16.2. The predicted octanol–water partition coefficient (Wildman–Crippen LogP) is 6.31. The molecule has 4 aliphatic carbocycles. The highest BCUT2D eigenvalue weighted by atomic mass is 16.4. The van der Waals surface area contributed by atoms with E-state index >= 15 is 0 Å². The maximum absolute atomic E-state index is 11.3. The molecule has 0 spiro atoms. The van der Waals surface area contributed by atoms with E-state index in [1.165, 1.54) is 32.1 Å². The van der Waals surface area contributed by atoms with Crippen LogP contribution in [0.1, 0.15) is 91.9 Å². The highest BCUT2D eigenvalue weighted by molar-refractivity contribution is 5.69. The van der Waals surface area contributed by atoms with Gasteiger partial charge in [-0.25, -0.2) is 0 Å². The van der Waals surface area contributed by atoms with E-state index in [9.17, 15) is 9.90 Å². The van der Waals surface area contributed by atoms with Gasteiger partial charge in [0.25, 0.3) is 0 Å². The quantitative estimate of drug-likeness (QED) is 0.499. The Balaban J connectivity index is 1.46. The summed E-state index contributed by atoms with van der Waals surface area (Å²) in [5.74, 6) is 2.99. The fourth-order valence-electron chi connectivity index (χ4n) is 8.85. The van der Waals surface area contributed by atoms with E-state index in [4.69, 9.17) is 5.11 Å². The van der Waals surface area contributed by atoms with Crippen molar-refractivity contribution in [1.82, 2.24) is 0 Å². The standard InChI is InChI=1S/C27H44O3/c1-17(8-7-9-18(2)25(29)30)20-11-12-21-24-22(13-15-27(20,21)4)26(3)14-6-5-10-19(26)16-23(24)28/h5-6,17-24,28H,7-16H2,1-4H3,(H,29,30)/t17-,18?,19?,20-,21+,22+,23?,24+,26+,27-/m1/s1. The van der Waals surface area contributed by atoms with Gasteiger partial charge in [0.15, 0.2) is 0 Å². The molecule has 0 bridgehead atoms. The van der Waals surface area contributed by atoms with Crippen LogP contribution in [0.3, 0.4) is 0 Å². The van der Waals surface area contributed by atoms with Gasteiger partial charge in [-0.2, -0.15) is 0 Å². The van der Waals surface area contributed by atoms with E-state index in [-0.39, 0.29) is 12.0 Å². The molecule has 0 saturated heterocycles. The molecule has 2 N–H and O–H groups in total. The molecule has 4 rings (SSSR count). The third-order valence-corrected chi connectivity index (χ3v) is 10.7. The van der Waals surface area contributed by atoms with Crippen molar-refractivity contribution < 1.29 is 15.0 Å². The average molecular weight is 417 g/mol. The van der Waals surface area contributed by atoms with Crippen LogP contribution in [0.15, 0.2) is 12.2 Å². The van der Waals surface area contributed by atoms with Crippen molar-refractivity contribution in [3.05, 3.63) is 12.2 Å². The summed E-state index contributed by atoms with van der Waals surface area (Å²) in [7, 11) is 0. The summed E-state index contributed by atoms with van der Waals surface area (Å²) in [4.78, 5) is 11.1. The van der Waals surface area contributed by atoms with Gasteiger partial charge in [0.05, 0.1) is 12.0 Å². The second kappa shape index (κ2) is 8.26. The molecule has 3 nitrogen and oxygen atoms in total. The van der Waals surface area contributed by atoms with Crippen LogP contribution in [-0.2, 0) is 4.79 Å². The number of rotatable bonds is 6. The number of carbonyl (C=O) groups is 1. The Labute approximate surface area is 183 Å². The molecule has 4 aliphatic rings. The molecule has 3 fully saturated rings. The molecule has 10 atom stereocenters. The van der Waals surface area contributed by atoms with Gasteiger partial charge < -0.3 is 10.2 Å². The fraction of sp³-hybridized carbons (Fsp3) is 0.889. The summed E-state index contributed by atoms with van der Waals surface area (Å²) >= 11 is 0. The Morgan fingerprint density at radius 2 is 1.80 bits per heavy atom. The zero-order chi connectivity index (χ0) is 21.7. The van der Waals surface area contributed by atoms with Crippen LogP contribution in [0.4, 0.5) is 0 Å². The SMILES string of the molecule is CC(CCC[C@@H](C)[C@H]1CC[C@H]2[C@@H]3C(O)CC4CC=CC[C@]4(C)[C@H]3CC[C@]12C)C(=O)O. The first kappa shape index (κ1) is 22.4. The lowest BCUT2D eigenvalue weighted by molar-refractivity contribution is -0.154. The minimum atomic E-state index is -0.662. The van der Waals surface area contributed by atoms with E-state index in [1.54, 1.807) is 0 Å². The molecule has 0 aromatic rings. The molecule has 0 amide bonds. The first-order valence-electron chi connectivity index (χ1n) is 12.7. The van der Waals surface area contributed by atoms with Gasteiger partial charge in [-0.1, -0.05) is 52.7 Å². The van der Waals surface area contributed by atoms with E-state index in [0.29, 0.717) is 40.4 Å². The van der Waals surface area contributed by atoms with E-state index in [1.807, 2.05) is 6.92 Å². The second-order valence-electron chi connectivity index (χ2n) is 12.1. The van der Waals surface area contributed by atoms with Crippen LogP contribution in [0.25, 0.3) is 0 Å². The highest BCUT2D eigenvalue weighted by Crippen LogP contribution is 2.68. The van der Waals surface area contributed by atoms with Gasteiger partial charge in [0.1, 0.15) is 0 Å². The maximum Gasteiger partial charge on any atom is 0.306 e. The fourth-order valence-corrected chi connectivity index (χ4v) is 8.85. The van der Waals surface area contributed by atoms with Crippen LogP contribution in [-0.4, -0.2) is 22.3 Å². The molecule has 0 aromatic heterocycles. The minimum Gasteiger partial charge on any atom is -0.481 e. The third kappa shape index (κ3) is 3.57. The number of carboxylic acids is 1. The van der Waals surface area contributed by atoms with Crippen molar-refractivity contribution in [2.45, 2.75) is 98.0 Å². The molecule has 0 radical (unpaired) electrons. The number of aliphatic carboxylic acids is 1. The zero-order valence-corrected chi connectivity index (χ0v) is 19.6. The normalized spacial score (nSPS) is 47.1. The molecule has 3 unspecified atom stereocenters. The highest BCUT2D eigenvalue weighted by Gasteiger charge is 2.62. The Morgan fingerprint density at radius 1 is 1.07 bits per heavy atom. The Bertz CT molecular complexity index is 671. The number of fused-ring (bicyclic) bond motifs is 5. The van der Waals surface area contributed by atoms with Crippen molar-refractivity contribution in [2.24, 2.45) is 52.3 Å². The zero-order valence-electron chi connectivity index (χ0n) is 19.6. The monoisotopic (exact) mass is 416 g/mol. The van der Waals surface area contributed by atoms with Crippen molar-refractivity contribution in [1.29, 1.82) is 0 Å². The molecule has 30 heavy (non-hydrogen) atoms.